The molecule has 12 heavy (non-hydrogen) atoms. The van der Waals surface area contributed by atoms with Crippen molar-refractivity contribution in [3.63, 3.8) is 0 Å². The number of rotatable bonds is 5. The summed E-state index contributed by atoms with van der Waals surface area (Å²) in [5.74, 6) is 0. The summed E-state index contributed by atoms with van der Waals surface area (Å²) < 4.78 is 0. The zero-order chi connectivity index (χ0) is 9.78. The van der Waals surface area contributed by atoms with E-state index in [1.165, 1.54) is 6.92 Å². The average molecular weight is 180 g/mol. The molecule has 0 aliphatic heterocycles. The van der Waals surface area contributed by atoms with E-state index in [4.69, 9.17) is 20.4 Å². The van der Waals surface area contributed by atoms with Crippen LogP contribution in [0.2, 0.25) is 0 Å². The molecule has 0 fully saturated rings. The van der Waals surface area contributed by atoms with E-state index in [0.717, 1.165) is 0 Å². The fourth-order valence-electron chi connectivity index (χ4n) is 1.01. The first-order chi connectivity index (χ1) is 5.52. The van der Waals surface area contributed by atoms with E-state index in [-0.39, 0.29) is 6.42 Å². The summed E-state index contributed by atoms with van der Waals surface area (Å²) in [7, 11) is 0. The topological polar surface area (TPSA) is 101 Å². The molecule has 0 saturated carbocycles. The highest BCUT2D eigenvalue weighted by Gasteiger charge is 2.40. The van der Waals surface area contributed by atoms with Crippen LogP contribution in [0.15, 0.2) is 0 Å². The van der Waals surface area contributed by atoms with E-state index >= 15 is 0 Å². The first-order valence-electron chi connectivity index (χ1n) is 3.83. The maximum atomic E-state index is 9.54. The molecule has 0 amide bonds. The van der Waals surface area contributed by atoms with Crippen LogP contribution in [0.4, 0.5) is 0 Å². The van der Waals surface area contributed by atoms with E-state index in [2.05, 4.69) is 0 Å². The highest BCUT2D eigenvalue weighted by atomic mass is 16.4. The van der Waals surface area contributed by atoms with Gasteiger partial charge in [0.2, 0.25) is 0 Å². The third-order valence-corrected chi connectivity index (χ3v) is 2.07. The Kier molecular flexibility index (Phi) is 4.66. The molecule has 2 atom stereocenters. The van der Waals surface area contributed by atoms with E-state index in [9.17, 15) is 5.11 Å². The van der Waals surface area contributed by atoms with Crippen molar-refractivity contribution in [3.05, 3.63) is 0 Å². The Labute approximate surface area is 70.9 Å². The third kappa shape index (κ3) is 2.15. The Morgan fingerprint density at radius 2 is 1.42 bits per heavy atom. The van der Waals surface area contributed by atoms with Gasteiger partial charge in [-0.1, -0.05) is 6.92 Å². The predicted octanol–water partition coefficient (Wildman–Crippen LogP) is -2.17. The van der Waals surface area contributed by atoms with Crippen molar-refractivity contribution in [3.8, 4) is 0 Å². The molecule has 5 nitrogen and oxygen atoms in total. The van der Waals surface area contributed by atoms with E-state index < -0.39 is 31.0 Å². The minimum absolute atomic E-state index is 0.0520. The summed E-state index contributed by atoms with van der Waals surface area (Å²) in [6.07, 6.45) is -2.83. The number of hydrogen-bond acceptors (Lipinski definition) is 5. The monoisotopic (exact) mass is 180 g/mol. The van der Waals surface area contributed by atoms with Gasteiger partial charge in [0, 0.05) is 0 Å². The van der Waals surface area contributed by atoms with E-state index in [1.807, 2.05) is 0 Å². The van der Waals surface area contributed by atoms with Crippen molar-refractivity contribution in [1.82, 2.24) is 0 Å². The van der Waals surface area contributed by atoms with Gasteiger partial charge in [-0.15, -0.1) is 0 Å². The predicted molar refractivity (Wildman–Crippen MR) is 41.4 cm³/mol. The lowest BCUT2D eigenvalue weighted by molar-refractivity contribution is -0.168. The normalized spacial score (nSPS) is 21.5. The van der Waals surface area contributed by atoms with Gasteiger partial charge in [-0.2, -0.15) is 0 Å². The summed E-state index contributed by atoms with van der Waals surface area (Å²) in [5, 5.41) is 44.8. The van der Waals surface area contributed by atoms with Gasteiger partial charge >= 0.3 is 0 Å². The first-order valence-corrected chi connectivity index (χ1v) is 3.83. The largest absolute Gasteiger partial charge is 0.394 e. The Morgan fingerprint density at radius 1 is 1.08 bits per heavy atom. The highest BCUT2D eigenvalue weighted by Crippen LogP contribution is 2.19. The third-order valence-electron chi connectivity index (χ3n) is 2.07. The van der Waals surface area contributed by atoms with Gasteiger partial charge in [0.1, 0.15) is 17.8 Å². The van der Waals surface area contributed by atoms with Gasteiger partial charge in [-0.3, -0.25) is 0 Å². The molecule has 0 aromatic heterocycles. The molecule has 74 valence electrons. The molecule has 0 radical (unpaired) electrons. The van der Waals surface area contributed by atoms with Crippen molar-refractivity contribution in [2.45, 2.75) is 31.2 Å². The molecule has 0 saturated heterocycles. The second-order valence-electron chi connectivity index (χ2n) is 2.74. The smallest absolute Gasteiger partial charge is 0.120 e. The van der Waals surface area contributed by atoms with E-state index in [1.54, 1.807) is 0 Å². The van der Waals surface area contributed by atoms with Crippen LogP contribution < -0.4 is 0 Å². The lowest BCUT2D eigenvalue weighted by atomic mass is 9.88. The molecule has 0 spiro atoms. The van der Waals surface area contributed by atoms with Crippen LogP contribution >= 0.6 is 0 Å². The molecule has 0 aromatic carbocycles. The molecule has 5 heteroatoms. The van der Waals surface area contributed by atoms with Crippen LogP contribution in [0.1, 0.15) is 13.3 Å². The van der Waals surface area contributed by atoms with Crippen LogP contribution in [0, 0.1) is 0 Å². The van der Waals surface area contributed by atoms with Crippen molar-refractivity contribution in [2.24, 2.45) is 0 Å². The average Bonchev–Trinajstić information content (AvgIpc) is 2.13. The van der Waals surface area contributed by atoms with Gasteiger partial charge in [0.05, 0.1) is 13.2 Å². The van der Waals surface area contributed by atoms with Gasteiger partial charge in [-0.25, -0.2) is 0 Å². The van der Waals surface area contributed by atoms with E-state index in [0.29, 0.717) is 0 Å². The molecule has 0 aromatic rings. The van der Waals surface area contributed by atoms with Gasteiger partial charge in [0.15, 0.2) is 0 Å². The fourth-order valence-corrected chi connectivity index (χ4v) is 1.01. The fraction of sp³-hybridized carbons (Fsp3) is 1.00. The molecule has 5 N–H and O–H groups in total. The Balaban J connectivity index is 4.42. The maximum Gasteiger partial charge on any atom is 0.120 e. The van der Waals surface area contributed by atoms with Crippen LogP contribution in [-0.2, 0) is 0 Å². The van der Waals surface area contributed by atoms with Crippen LogP contribution in [0.3, 0.4) is 0 Å². The SMILES string of the molecule is CCC(O)(C(O)CO)C(O)CO. The van der Waals surface area contributed by atoms with Gasteiger partial charge < -0.3 is 25.5 Å². The minimum atomic E-state index is -1.83. The lowest BCUT2D eigenvalue weighted by Crippen LogP contribution is -2.54. The summed E-state index contributed by atoms with van der Waals surface area (Å²) in [4.78, 5) is 0. The van der Waals surface area contributed by atoms with Crippen molar-refractivity contribution in [1.29, 1.82) is 0 Å². The zero-order valence-electron chi connectivity index (χ0n) is 7.01. The summed E-state index contributed by atoms with van der Waals surface area (Å²) in [5.41, 5.74) is -1.83. The molecule has 0 aliphatic carbocycles. The summed E-state index contributed by atoms with van der Waals surface area (Å²) >= 11 is 0. The Morgan fingerprint density at radius 3 is 1.58 bits per heavy atom. The van der Waals surface area contributed by atoms with Crippen molar-refractivity contribution in [2.75, 3.05) is 13.2 Å². The van der Waals surface area contributed by atoms with Gasteiger partial charge in [-0.05, 0) is 6.42 Å². The van der Waals surface area contributed by atoms with Crippen molar-refractivity contribution >= 4 is 0 Å². The molecule has 0 heterocycles. The second-order valence-corrected chi connectivity index (χ2v) is 2.74. The highest BCUT2D eigenvalue weighted by molar-refractivity contribution is 4.91. The quantitative estimate of drug-likeness (QED) is 0.331. The Hall–Kier alpha value is -0.200. The van der Waals surface area contributed by atoms with Crippen molar-refractivity contribution < 1.29 is 25.5 Å². The first kappa shape index (κ1) is 11.8. The molecular formula is C7H16O5. The molecular weight excluding hydrogens is 164 g/mol. The van der Waals surface area contributed by atoms with Crippen LogP contribution in [0.5, 0.6) is 0 Å². The Bertz CT molecular complexity index is 117. The molecule has 0 rings (SSSR count). The standard InChI is InChI=1S/C7H16O5/c1-2-7(12,5(10)3-8)6(11)4-9/h5-6,8-12H,2-4H2,1H3. The minimum Gasteiger partial charge on any atom is -0.394 e. The molecule has 2 unspecified atom stereocenters. The number of hydrogen-bond donors (Lipinski definition) is 5. The summed E-state index contributed by atoms with van der Waals surface area (Å²) in [6.45, 7) is 0.237. The van der Waals surface area contributed by atoms with Gasteiger partial charge in [0.25, 0.3) is 0 Å². The van der Waals surface area contributed by atoms with Crippen LogP contribution in [0.25, 0.3) is 0 Å². The summed E-state index contributed by atoms with van der Waals surface area (Å²) in [6, 6.07) is 0. The second kappa shape index (κ2) is 4.74. The number of aliphatic hydroxyl groups excluding tert-OH is 4. The number of aliphatic hydroxyl groups is 5. The lowest BCUT2D eigenvalue weighted by Gasteiger charge is -2.34. The van der Waals surface area contributed by atoms with Crippen LogP contribution in [-0.4, -0.2) is 56.6 Å². The zero-order valence-corrected chi connectivity index (χ0v) is 7.01. The maximum absolute atomic E-state index is 9.54. The molecule has 0 bridgehead atoms. The molecule has 0 aliphatic rings.